The first kappa shape index (κ1) is 20.9. The Labute approximate surface area is 183 Å². The molecule has 158 valence electrons. The Morgan fingerprint density at radius 1 is 0.935 bits per heavy atom. The summed E-state index contributed by atoms with van der Waals surface area (Å²) in [7, 11) is 0. The molecule has 1 heterocycles. The van der Waals surface area contributed by atoms with Crippen LogP contribution in [0.4, 0.5) is 0 Å². The molecule has 3 aromatic carbocycles. The highest BCUT2D eigenvalue weighted by Crippen LogP contribution is 2.28. The normalized spacial score (nSPS) is 12.6. The van der Waals surface area contributed by atoms with E-state index < -0.39 is 0 Å². The molecular formula is C27H29N3O. The first-order valence-corrected chi connectivity index (χ1v) is 10.7. The number of aromatic nitrogens is 2. The summed E-state index contributed by atoms with van der Waals surface area (Å²) in [4.78, 5) is 17.8. The van der Waals surface area contributed by atoms with Gasteiger partial charge in [0.1, 0.15) is 12.4 Å². The molecule has 1 aromatic heterocycles. The summed E-state index contributed by atoms with van der Waals surface area (Å²) in [6.45, 7) is 8.83. The van der Waals surface area contributed by atoms with Crippen LogP contribution in [-0.2, 0) is 16.8 Å². The van der Waals surface area contributed by atoms with E-state index in [0.717, 1.165) is 28.0 Å². The molecule has 1 amide bonds. The number of amides is 1. The molecule has 4 aromatic rings. The van der Waals surface area contributed by atoms with Crippen LogP contribution in [0.1, 0.15) is 44.9 Å². The van der Waals surface area contributed by atoms with Crippen molar-refractivity contribution >= 4 is 16.9 Å². The van der Waals surface area contributed by atoms with Gasteiger partial charge in [-0.05, 0) is 35.6 Å². The average molecular weight is 412 g/mol. The standard InChI is InChI=1S/C27H29N3O/c1-19(20-10-6-5-7-11-20)28-25(31)18-30-24-13-9-8-12-23(24)29-26(30)21-14-16-22(17-15-21)27(2,3)4/h5-17,19H,18H2,1-4H3,(H,28,31). The highest BCUT2D eigenvalue weighted by Gasteiger charge is 2.18. The number of rotatable bonds is 5. The van der Waals surface area contributed by atoms with Gasteiger partial charge in [-0.3, -0.25) is 4.79 Å². The first-order chi connectivity index (χ1) is 14.8. The Balaban J connectivity index is 1.65. The van der Waals surface area contributed by atoms with E-state index in [9.17, 15) is 4.79 Å². The van der Waals surface area contributed by atoms with E-state index in [1.807, 2.05) is 66.1 Å². The summed E-state index contributed by atoms with van der Waals surface area (Å²) in [5.41, 5.74) is 5.30. The number of carbonyl (C=O) groups is 1. The van der Waals surface area contributed by atoms with E-state index in [1.54, 1.807) is 0 Å². The van der Waals surface area contributed by atoms with Crippen molar-refractivity contribution in [3.8, 4) is 11.4 Å². The molecule has 0 fully saturated rings. The van der Waals surface area contributed by atoms with Crippen molar-refractivity contribution in [1.29, 1.82) is 0 Å². The van der Waals surface area contributed by atoms with Gasteiger partial charge in [-0.25, -0.2) is 4.98 Å². The lowest BCUT2D eigenvalue weighted by atomic mass is 9.87. The van der Waals surface area contributed by atoms with Crippen LogP contribution in [0.15, 0.2) is 78.9 Å². The van der Waals surface area contributed by atoms with Crippen LogP contribution < -0.4 is 5.32 Å². The predicted octanol–water partition coefficient (Wildman–Crippen LogP) is 5.88. The van der Waals surface area contributed by atoms with Crippen molar-refractivity contribution in [2.45, 2.75) is 45.7 Å². The molecule has 0 aliphatic rings. The monoisotopic (exact) mass is 411 g/mol. The quantitative estimate of drug-likeness (QED) is 0.446. The molecule has 4 rings (SSSR count). The second-order valence-electron chi connectivity index (χ2n) is 9.04. The average Bonchev–Trinajstić information content (AvgIpc) is 3.12. The van der Waals surface area contributed by atoms with Crippen LogP contribution in [-0.4, -0.2) is 15.5 Å². The molecule has 31 heavy (non-hydrogen) atoms. The first-order valence-electron chi connectivity index (χ1n) is 10.7. The van der Waals surface area contributed by atoms with Crippen molar-refractivity contribution in [2.24, 2.45) is 0 Å². The summed E-state index contributed by atoms with van der Waals surface area (Å²) in [6, 6.07) is 26.4. The number of fused-ring (bicyclic) bond motifs is 1. The van der Waals surface area contributed by atoms with E-state index in [1.165, 1.54) is 5.56 Å². The molecule has 0 saturated carbocycles. The SMILES string of the molecule is CC(NC(=O)Cn1c(-c2ccc(C(C)(C)C)cc2)nc2ccccc21)c1ccccc1. The molecule has 0 radical (unpaired) electrons. The van der Waals surface area contributed by atoms with Gasteiger partial charge in [-0.2, -0.15) is 0 Å². The topological polar surface area (TPSA) is 46.9 Å². The van der Waals surface area contributed by atoms with Crippen molar-refractivity contribution in [2.75, 3.05) is 0 Å². The molecule has 0 saturated heterocycles. The molecule has 4 heteroatoms. The lowest BCUT2D eigenvalue weighted by Crippen LogP contribution is -2.30. The molecule has 1 atom stereocenters. The van der Waals surface area contributed by atoms with Crippen molar-refractivity contribution in [1.82, 2.24) is 14.9 Å². The third-order valence-electron chi connectivity index (χ3n) is 5.64. The smallest absolute Gasteiger partial charge is 0.240 e. The molecule has 1 N–H and O–H groups in total. The number of imidazole rings is 1. The molecule has 0 spiro atoms. The Morgan fingerprint density at radius 2 is 1.58 bits per heavy atom. The third-order valence-corrected chi connectivity index (χ3v) is 5.64. The van der Waals surface area contributed by atoms with E-state index in [4.69, 9.17) is 4.98 Å². The zero-order valence-electron chi connectivity index (χ0n) is 18.6. The third kappa shape index (κ3) is 4.53. The van der Waals surface area contributed by atoms with Crippen LogP contribution in [0.2, 0.25) is 0 Å². The predicted molar refractivity (Wildman–Crippen MR) is 127 cm³/mol. The van der Waals surface area contributed by atoms with E-state index in [-0.39, 0.29) is 23.9 Å². The molecule has 1 unspecified atom stereocenters. The number of benzene rings is 3. The second kappa shape index (κ2) is 8.38. The summed E-state index contributed by atoms with van der Waals surface area (Å²) >= 11 is 0. The number of nitrogens with zero attached hydrogens (tertiary/aromatic N) is 2. The summed E-state index contributed by atoms with van der Waals surface area (Å²) < 4.78 is 2.01. The van der Waals surface area contributed by atoms with E-state index >= 15 is 0 Å². The van der Waals surface area contributed by atoms with Gasteiger partial charge >= 0.3 is 0 Å². The molecule has 0 aliphatic carbocycles. The number of hydrogen-bond donors (Lipinski definition) is 1. The van der Waals surface area contributed by atoms with Gasteiger partial charge in [0.2, 0.25) is 5.91 Å². The number of para-hydroxylation sites is 2. The fraction of sp³-hybridized carbons (Fsp3) is 0.259. The second-order valence-corrected chi connectivity index (χ2v) is 9.04. The van der Waals surface area contributed by atoms with Gasteiger partial charge in [0.05, 0.1) is 17.1 Å². The zero-order chi connectivity index (χ0) is 22.0. The van der Waals surface area contributed by atoms with Crippen LogP contribution in [0.5, 0.6) is 0 Å². The Kier molecular flexibility index (Phi) is 5.64. The summed E-state index contributed by atoms with van der Waals surface area (Å²) in [6.07, 6.45) is 0. The fourth-order valence-electron chi connectivity index (χ4n) is 3.83. The maximum Gasteiger partial charge on any atom is 0.240 e. The fourth-order valence-corrected chi connectivity index (χ4v) is 3.83. The van der Waals surface area contributed by atoms with Gasteiger partial charge in [0.25, 0.3) is 0 Å². The van der Waals surface area contributed by atoms with Gasteiger partial charge in [-0.1, -0.05) is 87.5 Å². The number of carbonyl (C=O) groups excluding carboxylic acids is 1. The minimum absolute atomic E-state index is 0.0351. The number of nitrogens with one attached hydrogen (secondary N) is 1. The maximum atomic E-state index is 12.9. The highest BCUT2D eigenvalue weighted by atomic mass is 16.2. The van der Waals surface area contributed by atoms with Crippen molar-refractivity contribution in [3.05, 3.63) is 90.0 Å². The van der Waals surface area contributed by atoms with Crippen LogP contribution in [0, 0.1) is 0 Å². The van der Waals surface area contributed by atoms with Gasteiger partial charge < -0.3 is 9.88 Å². The van der Waals surface area contributed by atoms with Crippen molar-refractivity contribution < 1.29 is 4.79 Å². The van der Waals surface area contributed by atoms with E-state index in [0.29, 0.717) is 0 Å². The van der Waals surface area contributed by atoms with Gasteiger partial charge in [0, 0.05) is 5.56 Å². The largest absolute Gasteiger partial charge is 0.348 e. The summed E-state index contributed by atoms with van der Waals surface area (Å²) in [5, 5.41) is 3.12. The lowest BCUT2D eigenvalue weighted by Gasteiger charge is -2.19. The zero-order valence-corrected chi connectivity index (χ0v) is 18.6. The molecular weight excluding hydrogens is 382 g/mol. The van der Waals surface area contributed by atoms with Gasteiger partial charge in [0.15, 0.2) is 0 Å². The Morgan fingerprint density at radius 3 is 2.26 bits per heavy atom. The van der Waals surface area contributed by atoms with Crippen molar-refractivity contribution in [3.63, 3.8) is 0 Å². The highest BCUT2D eigenvalue weighted by molar-refractivity contribution is 5.84. The maximum absolute atomic E-state index is 12.9. The van der Waals surface area contributed by atoms with Gasteiger partial charge in [-0.15, -0.1) is 0 Å². The lowest BCUT2D eigenvalue weighted by molar-refractivity contribution is -0.122. The molecule has 4 nitrogen and oxygen atoms in total. The van der Waals surface area contributed by atoms with Crippen LogP contribution in [0.25, 0.3) is 22.4 Å². The Bertz CT molecular complexity index is 1180. The minimum atomic E-state index is -0.0574. The Hall–Kier alpha value is -3.40. The van der Waals surface area contributed by atoms with Crippen LogP contribution in [0.3, 0.4) is 0 Å². The minimum Gasteiger partial charge on any atom is -0.348 e. The molecule has 0 bridgehead atoms. The summed E-state index contributed by atoms with van der Waals surface area (Å²) in [5.74, 6) is 0.774. The molecule has 0 aliphatic heterocycles. The van der Waals surface area contributed by atoms with E-state index in [2.05, 4.69) is 50.4 Å². The number of hydrogen-bond acceptors (Lipinski definition) is 2. The van der Waals surface area contributed by atoms with Crippen LogP contribution >= 0.6 is 0 Å².